The highest BCUT2D eigenvalue weighted by molar-refractivity contribution is 6.06. The van der Waals surface area contributed by atoms with Gasteiger partial charge in [-0.05, 0) is 36.1 Å². The summed E-state index contributed by atoms with van der Waals surface area (Å²) in [5, 5.41) is 15.4. The summed E-state index contributed by atoms with van der Waals surface area (Å²) >= 11 is 0. The lowest BCUT2D eigenvalue weighted by Gasteiger charge is -2.10. The van der Waals surface area contributed by atoms with Gasteiger partial charge < -0.3 is 14.9 Å². The minimum atomic E-state index is -1.11. The molecule has 0 spiro atoms. The fraction of sp³-hybridized carbons (Fsp3) is 0.105. The predicted molar refractivity (Wildman–Crippen MR) is 91.7 cm³/mol. The van der Waals surface area contributed by atoms with Crippen LogP contribution in [0.1, 0.15) is 32.0 Å². The lowest BCUT2D eigenvalue weighted by Crippen LogP contribution is -2.14. The first kappa shape index (κ1) is 16.4. The Morgan fingerprint density at radius 2 is 1.76 bits per heavy atom. The second kappa shape index (κ2) is 7.44. The zero-order valence-electron chi connectivity index (χ0n) is 13.3. The maximum absolute atomic E-state index is 12.1. The maximum Gasteiger partial charge on any atom is 0.337 e. The van der Waals surface area contributed by atoms with Gasteiger partial charge in [-0.3, -0.25) is 4.79 Å². The number of carbonyl (C=O) groups excluding carboxylic acids is 1. The van der Waals surface area contributed by atoms with Gasteiger partial charge in [0.15, 0.2) is 0 Å². The summed E-state index contributed by atoms with van der Waals surface area (Å²) in [4.78, 5) is 23.5. The number of aromatic nitrogens is 1. The SMILES string of the molecule is O=C(Nc1cc(CCc2ccccc2)ccc1C(=O)O)c1ccno1. The molecule has 0 saturated carbocycles. The van der Waals surface area contributed by atoms with E-state index in [2.05, 4.69) is 10.5 Å². The van der Waals surface area contributed by atoms with E-state index in [0.717, 1.165) is 18.4 Å². The van der Waals surface area contributed by atoms with Gasteiger partial charge in [-0.25, -0.2) is 4.79 Å². The summed E-state index contributed by atoms with van der Waals surface area (Å²) < 4.78 is 4.79. The number of aryl methyl sites for hydroxylation is 2. The van der Waals surface area contributed by atoms with E-state index in [1.54, 1.807) is 12.1 Å². The van der Waals surface area contributed by atoms with Gasteiger partial charge in [-0.15, -0.1) is 0 Å². The van der Waals surface area contributed by atoms with Crippen molar-refractivity contribution in [2.75, 3.05) is 5.32 Å². The van der Waals surface area contributed by atoms with Gasteiger partial charge in [0.05, 0.1) is 17.4 Å². The third kappa shape index (κ3) is 4.11. The standard InChI is InChI=1S/C19H16N2O4/c22-18(17-10-11-20-25-17)21-16-12-14(8-9-15(16)19(23)24)7-6-13-4-2-1-3-5-13/h1-5,8-12H,6-7H2,(H,21,22)(H,23,24). The molecule has 0 unspecified atom stereocenters. The van der Waals surface area contributed by atoms with E-state index in [1.165, 1.54) is 23.9 Å². The molecule has 6 nitrogen and oxygen atoms in total. The van der Waals surface area contributed by atoms with Crippen molar-refractivity contribution in [3.8, 4) is 0 Å². The van der Waals surface area contributed by atoms with E-state index in [4.69, 9.17) is 4.52 Å². The number of carboxylic acid groups (broad SMARTS) is 1. The second-order valence-electron chi connectivity index (χ2n) is 5.50. The number of hydrogen-bond acceptors (Lipinski definition) is 4. The van der Waals surface area contributed by atoms with E-state index in [1.807, 2.05) is 30.3 Å². The van der Waals surface area contributed by atoms with Gasteiger partial charge in [-0.2, -0.15) is 0 Å². The van der Waals surface area contributed by atoms with Crippen LogP contribution in [0, 0.1) is 0 Å². The van der Waals surface area contributed by atoms with Crippen LogP contribution < -0.4 is 5.32 Å². The zero-order chi connectivity index (χ0) is 17.6. The molecule has 1 aromatic heterocycles. The number of nitrogens with zero attached hydrogens (tertiary/aromatic N) is 1. The van der Waals surface area contributed by atoms with Crippen LogP contribution in [0.15, 0.2) is 65.3 Å². The van der Waals surface area contributed by atoms with Crippen LogP contribution in [0.4, 0.5) is 5.69 Å². The van der Waals surface area contributed by atoms with E-state index in [-0.39, 0.29) is 17.0 Å². The third-order valence-electron chi connectivity index (χ3n) is 3.77. The first-order valence-corrected chi connectivity index (χ1v) is 7.75. The fourth-order valence-corrected chi connectivity index (χ4v) is 2.49. The Morgan fingerprint density at radius 1 is 1.00 bits per heavy atom. The molecule has 0 aliphatic carbocycles. The van der Waals surface area contributed by atoms with Crippen LogP contribution in [-0.4, -0.2) is 22.1 Å². The molecule has 0 saturated heterocycles. The Morgan fingerprint density at radius 3 is 2.44 bits per heavy atom. The zero-order valence-corrected chi connectivity index (χ0v) is 13.3. The normalized spacial score (nSPS) is 10.4. The molecule has 1 heterocycles. The Hall–Kier alpha value is -3.41. The van der Waals surface area contributed by atoms with E-state index < -0.39 is 11.9 Å². The molecule has 0 aliphatic heterocycles. The van der Waals surface area contributed by atoms with Gasteiger partial charge in [0.1, 0.15) is 0 Å². The van der Waals surface area contributed by atoms with Gasteiger partial charge in [0.25, 0.3) is 5.91 Å². The van der Waals surface area contributed by atoms with Crippen molar-refractivity contribution < 1.29 is 19.2 Å². The monoisotopic (exact) mass is 336 g/mol. The number of carbonyl (C=O) groups is 2. The summed E-state index contributed by atoms with van der Waals surface area (Å²) in [5.74, 6) is -1.63. The molecule has 3 rings (SSSR count). The molecule has 1 amide bonds. The number of carboxylic acids is 1. The van der Waals surface area contributed by atoms with Crippen LogP contribution in [-0.2, 0) is 12.8 Å². The molecule has 2 aromatic carbocycles. The number of anilines is 1. The summed E-state index contributed by atoms with van der Waals surface area (Å²) in [6.07, 6.45) is 2.90. The molecule has 0 fully saturated rings. The van der Waals surface area contributed by atoms with Crippen LogP contribution in [0.2, 0.25) is 0 Å². The Balaban J connectivity index is 1.79. The van der Waals surface area contributed by atoms with E-state index in [0.29, 0.717) is 0 Å². The Bertz CT molecular complexity index is 874. The lowest BCUT2D eigenvalue weighted by molar-refractivity contribution is 0.0698. The average Bonchev–Trinajstić information content (AvgIpc) is 3.15. The number of hydrogen-bond donors (Lipinski definition) is 2. The lowest BCUT2D eigenvalue weighted by atomic mass is 10.0. The highest BCUT2D eigenvalue weighted by atomic mass is 16.5. The molecule has 0 aliphatic rings. The van der Waals surface area contributed by atoms with Crippen LogP contribution in [0.25, 0.3) is 0 Å². The van der Waals surface area contributed by atoms with Gasteiger partial charge in [-0.1, -0.05) is 41.6 Å². The molecular weight excluding hydrogens is 320 g/mol. The molecule has 0 radical (unpaired) electrons. The molecule has 6 heteroatoms. The van der Waals surface area contributed by atoms with Crippen molar-refractivity contribution >= 4 is 17.6 Å². The van der Waals surface area contributed by atoms with E-state index in [9.17, 15) is 14.7 Å². The largest absolute Gasteiger partial charge is 0.478 e. The molecule has 25 heavy (non-hydrogen) atoms. The molecule has 2 N–H and O–H groups in total. The number of rotatable bonds is 6. The Labute approximate surface area is 144 Å². The van der Waals surface area contributed by atoms with Crippen LogP contribution in [0.5, 0.6) is 0 Å². The molecular formula is C19H16N2O4. The first-order valence-electron chi connectivity index (χ1n) is 7.75. The summed E-state index contributed by atoms with van der Waals surface area (Å²) in [6, 6.07) is 16.3. The fourth-order valence-electron chi connectivity index (χ4n) is 2.49. The summed E-state index contributed by atoms with van der Waals surface area (Å²) in [6.45, 7) is 0. The summed E-state index contributed by atoms with van der Waals surface area (Å²) in [7, 11) is 0. The molecule has 0 bridgehead atoms. The average molecular weight is 336 g/mol. The van der Waals surface area contributed by atoms with Gasteiger partial charge in [0, 0.05) is 6.07 Å². The van der Waals surface area contributed by atoms with Crippen molar-refractivity contribution in [1.29, 1.82) is 0 Å². The van der Waals surface area contributed by atoms with Crippen molar-refractivity contribution in [3.63, 3.8) is 0 Å². The molecule has 126 valence electrons. The van der Waals surface area contributed by atoms with Gasteiger partial charge in [0.2, 0.25) is 5.76 Å². The topological polar surface area (TPSA) is 92.4 Å². The molecule has 0 atom stereocenters. The van der Waals surface area contributed by atoms with E-state index >= 15 is 0 Å². The maximum atomic E-state index is 12.1. The first-order chi connectivity index (χ1) is 12.1. The number of aromatic carboxylic acids is 1. The number of amides is 1. The van der Waals surface area contributed by atoms with Crippen molar-refractivity contribution in [2.24, 2.45) is 0 Å². The minimum absolute atomic E-state index is 0.0195. The third-order valence-corrected chi connectivity index (χ3v) is 3.77. The highest BCUT2D eigenvalue weighted by Crippen LogP contribution is 2.20. The predicted octanol–water partition coefficient (Wildman–Crippen LogP) is 3.41. The van der Waals surface area contributed by atoms with Crippen LogP contribution in [0.3, 0.4) is 0 Å². The molecule has 3 aromatic rings. The van der Waals surface area contributed by atoms with Crippen molar-refractivity contribution in [2.45, 2.75) is 12.8 Å². The summed E-state index contributed by atoms with van der Waals surface area (Å²) in [5.41, 5.74) is 2.38. The Kier molecular flexibility index (Phi) is 4.89. The second-order valence-corrected chi connectivity index (χ2v) is 5.50. The minimum Gasteiger partial charge on any atom is -0.478 e. The van der Waals surface area contributed by atoms with Crippen molar-refractivity contribution in [1.82, 2.24) is 5.16 Å². The van der Waals surface area contributed by atoms with Gasteiger partial charge >= 0.3 is 5.97 Å². The van der Waals surface area contributed by atoms with Crippen LogP contribution >= 0.6 is 0 Å². The smallest absolute Gasteiger partial charge is 0.337 e. The number of benzene rings is 2. The number of nitrogens with one attached hydrogen (secondary N) is 1. The van der Waals surface area contributed by atoms with Crippen molar-refractivity contribution in [3.05, 3.63) is 83.2 Å². The highest BCUT2D eigenvalue weighted by Gasteiger charge is 2.16. The quantitative estimate of drug-likeness (QED) is 0.719.